The van der Waals surface area contributed by atoms with Crippen molar-refractivity contribution < 1.29 is 106 Å². The zero-order valence-corrected chi connectivity index (χ0v) is 44.0. The van der Waals surface area contributed by atoms with E-state index in [1.807, 2.05) is 0 Å². The fraction of sp³-hybridized carbons (Fsp3) is 0.867. The summed E-state index contributed by atoms with van der Waals surface area (Å²) in [5.41, 5.74) is 0. The molecule has 11 atom stereocenters. The molecule has 2 rings (SSSR count). The highest BCUT2D eigenvalue weighted by Gasteiger charge is 2.46. The second-order valence-electron chi connectivity index (χ2n) is 16.5. The Bertz CT molecular complexity index is 1580. The first-order valence-electron chi connectivity index (χ1n) is 24.5. The summed E-state index contributed by atoms with van der Waals surface area (Å²) in [5.74, 6) is -2.09. The summed E-state index contributed by atoms with van der Waals surface area (Å²) in [6.45, 7) is 7.37. The molecule has 2 heterocycles. The van der Waals surface area contributed by atoms with Gasteiger partial charge in [0.15, 0.2) is 12.6 Å². The number of methoxy groups -OCH3 is 2. The minimum absolute atomic E-state index is 0.00225. The SMILES string of the molecule is COC1O[C@H](CNC(=O)CCOCCOCCOCCOCCNC(=O)CC(SC)C(=O)NCCOCCOCCOCCOCCC(=O)NC[C@H]2OC(OC)[C@@H](NC(C)=O)[C@@H](O)[C@H]2O)[C@H](O)[C@H](O)[C@@H]1NC(C)=O. The first-order valence-corrected chi connectivity index (χ1v) is 25.8. The number of thioether (sulfide) groups is 1. The standard InChI is InChI=1S/C45H82N6O22S/c1-29(52)50-37-41(59)39(57)31(72-44(37)62-3)27-48-34(54)6-10-64-14-18-68-22-24-70-20-16-66-12-8-46-36(56)26-33(74-5)43(61)47-9-13-67-17-21-71-25-23-69-19-15-65-11-7-35(55)49-28-32-40(58)42(60)38(51-30(2)53)45(63-4)73-32/h31-33,37-42,44-45,57-60H,6-28H2,1-5H3,(H,46,56)(H,47,61)(H,48,54)(H,49,55)(H,50,52)(H,51,53)/t31-,32-,33?,37+,38+,39+,40+,41-,42-,44?,45?/m1/s1. The van der Waals surface area contributed by atoms with Crippen LogP contribution in [0.15, 0.2) is 0 Å². The monoisotopic (exact) mass is 1090 g/mol. The van der Waals surface area contributed by atoms with Gasteiger partial charge < -0.3 is 109 Å². The number of amides is 6. The summed E-state index contributed by atoms with van der Waals surface area (Å²) in [6.07, 6.45) is -7.50. The van der Waals surface area contributed by atoms with E-state index in [2.05, 4.69) is 31.9 Å². The zero-order chi connectivity index (χ0) is 54.5. The molecule has 0 aliphatic carbocycles. The molecule has 74 heavy (non-hydrogen) atoms. The van der Waals surface area contributed by atoms with Crippen LogP contribution in [0.3, 0.4) is 0 Å². The van der Waals surface area contributed by atoms with Crippen molar-refractivity contribution in [3.63, 3.8) is 0 Å². The molecule has 0 aromatic heterocycles. The Balaban J connectivity index is 1.33. The van der Waals surface area contributed by atoms with Crippen LogP contribution in [0.1, 0.15) is 33.1 Å². The first-order chi connectivity index (χ1) is 35.6. The Kier molecular flexibility index (Phi) is 36.7. The molecule has 2 aliphatic heterocycles. The fourth-order valence-corrected chi connectivity index (χ4v) is 7.60. The molecule has 6 amide bonds. The van der Waals surface area contributed by atoms with Gasteiger partial charge in [0.2, 0.25) is 35.4 Å². The second-order valence-corrected chi connectivity index (χ2v) is 17.6. The topological polar surface area (TPSA) is 366 Å². The van der Waals surface area contributed by atoms with E-state index in [1.165, 1.54) is 39.8 Å². The molecule has 28 nitrogen and oxygen atoms in total. The summed E-state index contributed by atoms with van der Waals surface area (Å²) in [7, 11) is 2.67. The summed E-state index contributed by atoms with van der Waals surface area (Å²) in [4.78, 5) is 72.3. The highest BCUT2D eigenvalue weighted by molar-refractivity contribution is 7.99. The van der Waals surface area contributed by atoms with Crippen molar-refractivity contribution in [2.75, 3.05) is 152 Å². The third kappa shape index (κ3) is 28.6. The van der Waals surface area contributed by atoms with Gasteiger partial charge in [0.05, 0.1) is 111 Å². The lowest BCUT2D eigenvalue weighted by atomic mass is 9.96. The minimum atomic E-state index is -1.36. The molecule has 3 unspecified atom stereocenters. The fourth-order valence-electron chi connectivity index (χ4n) is 6.99. The maximum atomic E-state index is 12.6. The zero-order valence-electron chi connectivity index (χ0n) is 43.2. The van der Waals surface area contributed by atoms with E-state index in [1.54, 1.807) is 6.26 Å². The van der Waals surface area contributed by atoms with Crippen LogP contribution in [-0.4, -0.2) is 275 Å². The maximum absolute atomic E-state index is 12.6. The van der Waals surface area contributed by atoms with Crippen molar-refractivity contribution in [2.24, 2.45) is 0 Å². The van der Waals surface area contributed by atoms with Crippen LogP contribution in [0.5, 0.6) is 0 Å². The summed E-state index contributed by atoms with van der Waals surface area (Å²) >= 11 is 1.27. The lowest BCUT2D eigenvalue weighted by Gasteiger charge is -2.42. The third-order valence-corrected chi connectivity index (χ3v) is 11.8. The predicted octanol–water partition coefficient (Wildman–Crippen LogP) is -5.32. The van der Waals surface area contributed by atoms with Gasteiger partial charge in [-0.15, -0.1) is 0 Å². The number of aliphatic hydroxyl groups excluding tert-OH is 4. The molecule has 0 bridgehead atoms. The second kappa shape index (κ2) is 40.7. The highest BCUT2D eigenvalue weighted by Crippen LogP contribution is 2.23. The number of carbonyl (C=O) groups excluding carboxylic acids is 6. The van der Waals surface area contributed by atoms with Gasteiger partial charge in [0.25, 0.3) is 0 Å². The Morgan fingerprint density at radius 1 is 0.473 bits per heavy atom. The average molecular weight is 1090 g/mol. The van der Waals surface area contributed by atoms with Crippen LogP contribution in [0.4, 0.5) is 0 Å². The summed E-state index contributed by atoms with van der Waals surface area (Å²) in [5, 5.41) is 56.7. The third-order valence-electron chi connectivity index (χ3n) is 10.8. The van der Waals surface area contributed by atoms with Crippen LogP contribution in [-0.2, 0) is 85.6 Å². The Morgan fingerprint density at radius 2 is 0.811 bits per heavy atom. The van der Waals surface area contributed by atoms with Gasteiger partial charge in [-0.1, -0.05) is 0 Å². The van der Waals surface area contributed by atoms with E-state index in [9.17, 15) is 49.2 Å². The molecule has 0 aromatic rings. The largest absolute Gasteiger partial charge is 0.388 e. The van der Waals surface area contributed by atoms with E-state index in [-0.39, 0.29) is 109 Å². The number of rotatable bonds is 42. The molecule has 2 fully saturated rings. The van der Waals surface area contributed by atoms with Gasteiger partial charge in [-0.3, -0.25) is 28.8 Å². The van der Waals surface area contributed by atoms with Crippen LogP contribution >= 0.6 is 11.8 Å². The van der Waals surface area contributed by atoms with Gasteiger partial charge in [0.1, 0.15) is 48.7 Å². The van der Waals surface area contributed by atoms with Crippen molar-refractivity contribution in [3.8, 4) is 0 Å². The summed E-state index contributed by atoms with van der Waals surface area (Å²) < 4.78 is 65.3. The molecule has 29 heteroatoms. The quantitative estimate of drug-likeness (QED) is 0.0255. The normalized spacial score (nSPS) is 24.1. The van der Waals surface area contributed by atoms with Crippen molar-refractivity contribution in [3.05, 3.63) is 0 Å². The van der Waals surface area contributed by atoms with Gasteiger partial charge in [-0.05, 0) is 6.26 Å². The number of carbonyl (C=O) groups is 6. The van der Waals surface area contributed by atoms with E-state index in [0.29, 0.717) is 66.1 Å². The van der Waals surface area contributed by atoms with Crippen molar-refractivity contribution in [1.29, 1.82) is 0 Å². The number of hydrogen-bond donors (Lipinski definition) is 10. The van der Waals surface area contributed by atoms with Crippen molar-refractivity contribution in [2.45, 2.75) is 99.6 Å². The smallest absolute Gasteiger partial charge is 0.233 e. The molecule has 430 valence electrons. The molecular formula is C45H82N6O22S. The molecule has 2 aliphatic rings. The van der Waals surface area contributed by atoms with Crippen LogP contribution in [0, 0.1) is 0 Å². The van der Waals surface area contributed by atoms with E-state index < -0.39 is 78.4 Å². The average Bonchev–Trinajstić information content (AvgIpc) is 3.37. The first kappa shape index (κ1) is 66.6. The molecule has 0 saturated carbocycles. The predicted molar refractivity (Wildman–Crippen MR) is 260 cm³/mol. The molecule has 0 spiro atoms. The number of ether oxygens (including phenoxy) is 12. The Hall–Kier alpha value is -3.47. The van der Waals surface area contributed by atoms with Crippen LogP contribution in [0.25, 0.3) is 0 Å². The number of nitrogens with one attached hydrogen (secondary N) is 6. The van der Waals surface area contributed by atoms with Crippen molar-refractivity contribution in [1.82, 2.24) is 31.9 Å². The maximum Gasteiger partial charge on any atom is 0.233 e. The lowest BCUT2D eigenvalue weighted by molar-refractivity contribution is -0.255. The molecular weight excluding hydrogens is 1010 g/mol. The van der Waals surface area contributed by atoms with Gasteiger partial charge >= 0.3 is 0 Å². The highest BCUT2D eigenvalue weighted by atomic mass is 32.2. The molecule has 2 saturated heterocycles. The van der Waals surface area contributed by atoms with Gasteiger partial charge in [-0.2, -0.15) is 11.8 Å². The lowest BCUT2D eigenvalue weighted by Crippen LogP contribution is -2.65. The molecule has 0 aromatic carbocycles. The van der Waals surface area contributed by atoms with Crippen LogP contribution in [0.2, 0.25) is 0 Å². The van der Waals surface area contributed by atoms with E-state index in [4.69, 9.17) is 56.8 Å². The van der Waals surface area contributed by atoms with E-state index >= 15 is 0 Å². The molecule has 0 radical (unpaired) electrons. The minimum Gasteiger partial charge on any atom is -0.388 e. The summed E-state index contributed by atoms with van der Waals surface area (Å²) in [6, 6.07) is -1.93. The van der Waals surface area contributed by atoms with Crippen molar-refractivity contribution >= 4 is 47.2 Å². The van der Waals surface area contributed by atoms with E-state index in [0.717, 1.165) is 0 Å². The van der Waals surface area contributed by atoms with Gasteiger partial charge in [-0.25, -0.2) is 0 Å². The Labute approximate surface area is 436 Å². The van der Waals surface area contributed by atoms with Gasteiger partial charge in [0, 0.05) is 73.5 Å². The number of aliphatic hydroxyl groups is 4. The Morgan fingerprint density at radius 3 is 1.15 bits per heavy atom. The number of hydrogen-bond acceptors (Lipinski definition) is 23. The van der Waals surface area contributed by atoms with Crippen LogP contribution < -0.4 is 31.9 Å². The molecule has 10 N–H and O–H groups in total.